The fraction of sp³-hybridized carbons (Fsp3) is 0.188. The lowest BCUT2D eigenvalue weighted by Crippen LogP contribution is -2.35. The van der Waals surface area contributed by atoms with Crippen molar-refractivity contribution in [2.24, 2.45) is 0 Å². The molecule has 23 heavy (non-hydrogen) atoms. The number of nitrogens with one attached hydrogen (secondary N) is 2. The van der Waals surface area contributed by atoms with Crippen molar-refractivity contribution in [1.82, 2.24) is 9.97 Å². The number of aromatic nitrogens is 2. The Morgan fingerprint density at radius 2 is 1.83 bits per heavy atom. The molecule has 0 aliphatic carbocycles. The van der Waals surface area contributed by atoms with E-state index in [0.29, 0.717) is 17.5 Å². The lowest BCUT2D eigenvalue weighted by Gasteiger charge is -2.24. The van der Waals surface area contributed by atoms with Gasteiger partial charge in [0.25, 0.3) is 10.0 Å². The highest BCUT2D eigenvalue weighted by Crippen LogP contribution is 2.36. The zero-order valence-electron chi connectivity index (χ0n) is 12.4. The summed E-state index contributed by atoms with van der Waals surface area (Å²) in [6.07, 6.45) is 0.693. The lowest BCUT2D eigenvalue weighted by atomic mass is 10.1. The molecule has 0 spiro atoms. The summed E-state index contributed by atoms with van der Waals surface area (Å²) < 4.78 is 27.6. The van der Waals surface area contributed by atoms with Crippen molar-refractivity contribution in [2.45, 2.75) is 24.3 Å². The van der Waals surface area contributed by atoms with Crippen LogP contribution in [0.25, 0.3) is 11.0 Å². The van der Waals surface area contributed by atoms with E-state index in [9.17, 15) is 13.2 Å². The number of hydrogen-bond donors (Lipinski definition) is 2. The fourth-order valence-corrected chi connectivity index (χ4v) is 4.91. The van der Waals surface area contributed by atoms with Gasteiger partial charge in [-0.05, 0) is 43.2 Å². The predicted octanol–water partition coefficient (Wildman–Crippen LogP) is 2.00. The first-order valence-electron chi connectivity index (χ1n) is 7.31. The first kappa shape index (κ1) is 14.1. The maximum atomic E-state index is 13.1. The second-order valence-electron chi connectivity index (χ2n) is 5.77. The summed E-state index contributed by atoms with van der Waals surface area (Å²) in [7, 11) is -3.69. The van der Waals surface area contributed by atoms with E-state index in [1.807, 2.05) is 31.2 Å². The number of hydrogen-bond acceptors (Lipinski definition) is 3. The molecule has 1 aliphatic rings. The average Bonchev–Trinajstić information content (AvgIpc) is 3.04. The maximum absolute atomic E-state index is 13.1. The van der Waals surface area contributed by atoms with Gasteiger partial charge in [0, 0.05) is 6.04 Å². The van der Waals surface area contributed by atoms with E-state index in [-0.39, 0.29) is 16.6 Å². The molecule has 2 N–H and O–H groups in total. The third-order valence-corrected chi connectivity index (χ3v) is 6.11. The molecule has 0 amide bonds. The lowest BCUT2D eigenvalue weighted by molar-refractivity contribution is 0.584. The van der Waals surface area contributed by atoms with Crippen LogP contribution >= 0.6 is 0 Å². The Morgan fingerprint density at radius 1 is 1.09 bits per heavy atom. The summed E-state index contributed by atoms with van der Waals surface area (Å²) in [5, 5.41) is 0. The van der Waals surface area contributed by atoms with E-state index in [0.717, 1.165) is 11.3 Å². The number of rotatable bonds is 2. The molecule has 0 fully saturated rings. The van der Waals surface area contributed by atoms with Crippen LogP contribution in [0.1, 0.15) is 12.5 Å². The van der Waals surface area contributed by atoms with Crippen LogP contribution in [0.2, 0.25) is 0 Å². The van der Waals surface area contributed by atoms with Crippen LogP contribution in [0.3, 0.4) is 0 Å². The number of fused-ring (bicyclic) bond motifs is 2. The quantitative estimate of drug-likeness (QED) is 0.754. The van der Waals surface area contributed by atoms with Gasteiger partial charge in [-0.1, -0.05) is 18.2 Å². The van der Waals surface area contributed by atoms with Gasteiger partial charge in [0.1, 0.15) is 0 Å². The standard InChI is InChI=1S/C16H15N3O3S/c1-10-8-11-4-2-3-5-15(11)19(10)23(21,22)12-6-7-13-14(9-12)18-16(20)17-13/h2-7,9-10H,8H2,1H3,(H2,17,18,20). The van der Waals surface area contributed by atoms with Gasteiger partial charge < -0.3 is 9.97 Å². The van der Waals surface area contributed by atoms with Gasteiger partial charge in [0.05, 0.1) is 21.6 Å². The molecule has 0 saturated heterocycles. The van der Waals surface area contributed by atoms with Gasteiger partial charge in [0.2, 0.25) is 0 Å². The Morgan fingerprint density at radius 3 is 2.65 bits per heavy atom. The smallest absolute Gasteiger partial charge is 0.306 e. The molecule has 118 valence electrons. The van der Waals surface area contributed by atoms with Crippen molar-refractivity contribution in [3.05, 3.63) is 58.5 Å². The minimum atomic E-state index is -3.69. The topological polar surface area (TPSA) is 86.0 Å². The van der Waals surface area contributed by atoms with E-state index in [4.69, 9.17) is 0 Å². The maximum Gasteiger partial charge on any atom is 0.323 e. The molecule has 4 rings (SSSR count). The first-order valence-corrected chi connectivity index (χ1v) is 8.75. The predicted molar refractivity (Wildman–Crippen MR) is 88.2 cm³/mol. The van der Waals surface area contributed by atoms with E-state index in [1.165, 1.54) is 16.4 Å². The molecule has 6 nitrogen and oxygen atoms in total. The molecule has 0 bridgehead atoms. The van der Waals surface area contributed by atoms with Crippen molar-refractivity contribution >= 4 is 26.7 Å². The van der Waals surface area contributed by atoms with Crippen LogP contribution in [0, 0.1) is 0 Å². The molecular weight excluding hydrogens is 314 g/mol. The van der Waals surface area contributed by atoms with Crippen molar-refractivity contribution in [3.8, 4) is 0 Å². The third kappa shape index (κ3) is 2.08. The second kappa shape index (κ2) is 4.73. The number of nitrogens with zero attached hydrogens (tertiary/aromatic N) is 1. The largest absolute Gasteiger partial charge is 0.323 e. The molecule has 0 radical (unpaired) electrons. The summed E-state index contributed by atoms with van der Waals surface area (Å²) in [5.41, 5.74) is 2.47. The third-order valence-electron chi connectivity index (χ3n) is 4.19. The van der Waals surface area contributed by atoms with Gasteiger partial charge in [-0.15, -0.1) is 0 Å². The zero-order valence-corrected chi connectivity index (χ0v) is 13.2. The summed E-state index contributed by atoms with van der Waals surface area (Å²) >= 11 is 0. The molecule has 2 aromatic carbocycles. The SMILES string of the molecule is CC1Cc2ccccc2N1S(=O)(=O)c1ccc2[nH]c(=O)[nH]c2c1. The van der Waals surface area contributed by atoms with Gasteiger partial charge in [-0.25, -0.2) is 13.2 Å². The van der Waals surface area contributed by atoms with Crippen molar-refractivity contribution < 1.29 is 8.42 Å². The van der Waals surface area contributed by atoms with E-state index < -0.39 is 10.0 Å². The minimum Gasteiger partial charge on any atom is -0.306 e. The molecule has 3 aromatic rings. The van der Waals surface area contributed by atoms with Crippen LogP contribution in [0.15, 0.2) is 52.2 Å². The highest BCUT2D eigenvalue weighted by atomic mass is 32.2. The van der Waals surface area contributed by atoms with Crippen molar-refractivity contribution in [2.75, 3.05) is 4.31 Å². The second-order valence-corrected chi connectivity index (χ2v) is 7.58. The monoisotopic (exact) mass is 329 g/mol. The number of imidazole rings is 1. The van der Waals surface area contributed by atoms with Crippen molar-refractivity contribution in [3.63, 3.8) is 0 Å². The Kier molecular flexibility index (Phi) is 2.89. The molecule has 2 heterocycles. The minimum absolute atomic E-state index is 0.140. The van der Waals surface area contributed by atoms with E-state index >= 15 is 0 Å². The van der Waals surface area contributed by atoms with E-state index in [2.05, 4.69) is 9.97 Å². The normalized spacial score (nSPS) is 17.6. The van der Waals surface area contributed by atoms with Gasteiger partial charge in [-0.3, -0.25) is 4.31 Å². The number of para-hydroxylation sites is 1. The zero-order chi connectivity index (χ0) is 16.2. The van der Waals surface area contributed by atoms with Crippen molar-refractivity contribution in [1.29, 1.82) is 0 Å². The molecule has 1 atom stereocenters. The van der Waals surface area contributed by atoms with Gasteiger partial charge in [0.15, 0.2) is 0 Å². The Labute approximate surface area is 132 Å². The number of anilines is 1. The molecule has 1 aliphatic heterocycles. The van der Waals surface area contributed by atoms with E-state index in [1.54, 1.807) is 6.07 Å². The summed E-state index contributed by atoms with van der Waals surface area (Å²) in [6, 6.07) is 12.0. The summed E-state index contributed by atoms with van der Waals surface area (Å²) in [5.74, 6) is 0. The van der Waals surface area contributed by atoms with Crippen LogP contribution in [0.4, 0.5) is 5.69 Å². The fourth-order valence-electron chi connectivity index (χ4n) is 3.19. The molecular formula is C16H15N3O3S. The highest BCUT2D eigenvalue weighted by molar-refractivity contribution is 7.92. The molecule has 1 unspecified atom stereocenters. The highest BCUT2D eigenvalue weighted by Gasteiger charge is 2.35. The van der Waals surface area contributed by atoms with Crippen LogP contribution in [-0.2, 0) is 16.4 Å². The number of H-pyrrole nitrogens is 2. The van der Waals surface area contributed by atoms with Gasteiger partial charge in [-0.2, -0.15) is 0 Å². The van der Waals surface area contributed by atoms with Crippen LogP contribution in [-0.4, -0.2) is 24.4 Å². The number of sulfonamides is 1. The number of aromatic amines is 2. The molecule has 7 heteroatoms. The van der Waals surface area contributed by atoms with Gasteiger partial charge >= 0.3 is 5.69 Å². The Balaban J connectivity index is 1.87. The number of benzene rings is 2. The Bertz CT molecular complexity index is 1070. The Hall–Kier alpha value is -2.54. The first-order chi connectivity index (χ1) is 11.0. The summed E-state index contributed by atoms with van der Waals surface area (Å²) in [6.45, 7) is 1.90. The average molecular weight is 329 g/mol. The van der Waals surface area contributed by atoms with Crippen LogP contribution < -0.4 is 9.99 Å². The molecule has 1 aromatic heterocycles. The van der Waals surface area contributed by atoms with Crippen LogP contribution in [0.5, 0.6) is 0 Å². The summed E-state index contributed by atoms with van der Waals surface area (Å²) in [4.78, 5) is 16.7. The molecule has 0 saturated carbocycles.